The lowest BCUT2D eigenvalue weighted by Gasteiger charge is -2.43. The van der Waals surface area contributed by atoms with Crippen LogP contribution in [-0.2, 0) is 18.7 Å². The monoisotopic (exact) mass is 512 g/mol. The summed E-state index contributed by atoms with van der Waals surface area (Å²) in [5.41, 5.74) is 0. The molecule has 2 aromatic rings. The zero-order valence-corrected chi connectivity index (χ0v) is 24.1. The molecule has 0 aromatic heterocycles. The van der Waals surface area contributed by atoms with Crippen molar-refractivity contribution < 1.29 is 18.7 Å². The Morgan fingerprint density at radius 2 is 1.08 bits per heavy atom. The highest BCUT2D eigenvalue weighted by atomic mass is 28.4. The highest BCUT2D eigenvalue weighted by molar-refractivity contribution is 6.99. The summed E-state index contributed by atoms with van der Waals surface area (Å²) < 4.78 is 16.8. The third-order valence-corrected chi connectivity index (χ3v) is 11.8. The van der Waals surface area contributed by atoms with Crippen molar-refractivity contribution in [2.45, 2.75) is 90.0 Å². The van der Waals surface area contributed by atoms with Gasteiger partial charge in [-0.15, -0.1) is 0 Å². The van der Waals surface area contributed by atoms with Crippen LogP contribution < -0.4 is 10.4 Å². The summed E-state index contributed by atoms with van der Waals surface area (Å²) in [6, 6.07) is 21.8. The molecular weight excluding hydrogens is 464 g/mol. The Balaban J connectivity index is 1.67. The van der Waals surface area contributed by atoms with Gasteiger partial charge < -0.3 is 13.9 Å². The van der Waals surface area contributed by atoms with Crippen LogP contribution in [0.2, 0.25) is 5.04 Å². The van der Waals surface area contributed by atoms with Crippen LogP contribution in [0.1, 0.15) is 85.0 Å². The van der Waals surface area contributed by atoms with E-state index in [0.29, 0.717) is 6.61 Å². The minimum absolute atomic E-state index is 0.0429. The lowest BCUT2D eigenvalue weighted by molar-refractivity contribution is -0.148. The van der Waals surface area contributed by atoms with Crippen LogP contribution >= 0.6 is 0 Å². The second-order valence-corrected chi connectivity index (χ2v) is 15.0. The van der Waals surface area contributed by atoms with Crippen molar-refractivity contribution in [3.8, 4) is 0 Å². The second kappa shape index (κ2) is 16.7. The molecule has 0 N–H and O–H groups in total. The Kier molecular flexibility index (Phi) is 14.1. The second-order valence-electron chi connectivity index (χ2n) is 10.7. The van der Waals surface area contributed by atoms with Crippen LogP contribution in [0, 0.1) is 0 Å². The number of methoxy groups -OCH3 is 1. The number of ether oxygens (including phenoxy) is 2. The van der Waals surface area contributed by atoms with E-state index in [4.69, 9.17) is 13.9 Å². The van der Waals surface area contributed by atoms with E-state index in [1.54, 1.807) is 0 Å². The smallest absolute Gasteiger partial charge is 0.332 e. The average molecular weight is 513 g/mol. The zero-order chi connectivity index (χ0) is 26.1. The lowest BCUT2D eigenvalue weighted by Crippen LogP contribution is -2.66. The number of carbonyl (C=O) groups excluding carboxylic acids is 1. The van der Waals surface area contributed by atoms with Crippen molar-refractivity contribution in [3.05, 3.63) is 60.7 Å². The maximum Gasteiger partial charge on any atom is 0.332 e. The van der Waals surface area contributed by atoms with Gasteiger partial charge in [-0.25, -0.2) is 4.79 Å². The van der Waals surface area contributed by atoms with Crippen LogP contribution in [0.5, 0.6) is 0 Å². The van der Waals surface area contributed by atoms with Gasteiger partial charge in [0.05, 0.1) is 6.61 Å². The molecule has 0 saturated carbocycles. The minimum Gasteiger partial charge on any atom is -0.464 e. The van der Waals surface area contributed by atoms with Crippen molar-refractivity contribution in [2.24, 2.45) is 0 Å². The van der Waals surface area contributed by atoms with Gasteiger partial charge in [0.2, 0.25) is 0 Å². The van der Waals surface area contributed by atoms with Crippen molar-refractivity contribution in [1.29, 1.82) is 0 Å². The Morgan fingerprint density at radius 1 is 0.667 bits per heavy atom. The SMILES string of the molecule is COCC(=O)OCCCCCCCCCCCCO[Si](c1ccccc1)(c1ccccc1)C(C)(C)C. The molecule has 0 heterocycles. The van der Waals surface area contributed by atoms with E-state index in [2.05, 4.69) is 81.4 Å². The van der Waals surface area contributed by atoms with Gasteiger partial charge in [-0.3, -0.25) is 0 Å². The Bertz CT molecular complexity index is 793. The maximum absolute atomic E-state index is 11.2. The van der Waals surface area contributed by atoms with Crippen molar-refractivity contribution >= 4 is 24.7 Å². The summed E-state index contributed by atoms with van der Waals surface area (Å²) in [6.07, 6.45) is 12.1. The fraction of sp³-hybridized carbons (Fsp3) is 0.581. The van der Waals surface area contributed by atoms with Crippen LogP contribution in [0.4, 0.5) is 0 Å². The van der Waals surface area contributed by atoms with Crippen LogP contribution in [0.15, 0.2) is 60.7 Å². The normalized spacial score (nSPS) is 12.0. The molecule has 0 aliphatic rings. The highest BCUT2D eigenvalue weighted by Crippen LogP contribution is 2.36. The summed E-state index contributed by atoms with van der Waals surface area (Å²) in [5.74, 6) is -0.269. The third-order valence-electron chi connectivity index (χ3n) is 6.80. The van der Waals surface area contributed by atoms with E-state index >= 15 is 0 Å². The lowest BCUT2D eigenvalue weighted by atomic mass is 10.1. The molecular formula is C31H48O4Si. The number of hydrogen-bond acceptors (Lipinski definition) is 4. The van der Waals surface area contributed by atoms with E-state index in [1.165, 1.54) is 62.4 Å². The van der Waals surface area contributed by atoms with E-state index in [0.717, 1.165) is 25.9 Å². The molecule has 2 aromatic carbocycles. The molecule has 0 amide bonds. The number of hydrogen-bond donors (Lipinski definition) is 0. The molecule has 0 radical (unpaired) electrons. The summed E-state index contributed by atoms with van der Waals surface area (Å²) >= 11 is 0. The molecule has 2 rings (SSSR count). The Labute approximate surface area is 220 Å². The first-order chi connectivity index (χ1) is 17.4. The van der Waals surface area contributed by atoms with Crippen molar-refractivity contribution in [2.75, 3.05) is 26.9 Å². The number of carbonyl (C=O) groups is 1. The first-order valence-corrected chi connectivity index (χ1v) is 15.7. The fourth-order valence-corrected chi connectivity index (χ4v) is 9.56. The zero-order valence-electron chi connectivity index (χ0n) is 23.1. The number of benzene rings is 2. The minimum atomic E-state index is -2.39. The van der Waals surface area contributed by atoms with Gasteiger partial charge in [0.1, 0.15) is 6.61 Å². The molecule has 200 valence electrons. The molecule has 0 aliphatic carbocycles. The van der Waals surface area contributed by atoms with Crippen LogP contribution in [-0.4, -0.2) is 41.2 Å². The molecule has 4 nitrogen and oxygen atoms in total. The van der Waals surface area contributed by atoms with E-state index in [1.807, 2.05) is 0 Å². The maximum atomic E-state index is 11.2. The van der Waals surface area contributed by atoms with Crippen LogP contribution in [0.25, 0.3) is 0 Å². The average Bonchev–Trinajstić information content (AvgIpc) is 2.87. The quantitative estimate of drug-likeness (QED) is 0.127. The van der Waals surface area contributed by atoms with Gasteiger partial charge in [0.15, 0.2) is 0 Å². The van der Waals surface area contributed by atoms with Crippen molar-refractivity contribution in [1.82, 2.24) is 0 Å². The summed E-state index contributed by atoms with van der Waals surface area (Å²) in [7, 11) is -0.888. The van der Waals surface area contributed by atoms with E-state index in [9.17, 15) is 4.79 Å². The van der Waals surface area contributed by atoms with E-state index < -0.39 is 8.32 Å². The summed E-state index contributed by atoms with van der Waals surface area (Å²) in [5, 5.41) is 2.76. The fourth-order valence-electron chi connectivity index (χ4n) is 4.95. The van der Waals surface area contributed by atoms with Gasteiger partial charge in [-0.05, 0) is 28.3 Å². The molecule has 0 unspecified atom stereocenters. The van der Waals surface area contributed by atoms with Gasteiger partial charge >= 0.3 is 5.97 Å². The number of esters is 1. The molecule has 0 saturated heterocycles. The van der Waals surface area contributed by atoms with Crippen LogP contribution in [0.3, 0.4) is 0 Å². The predicted octanol–water partition coefficient (Wildman–Crippen LogP) is 6.65. The molecule has 0 atom stereocenters. The standard InChI is InChI=1S/C31H48O4Si/c1-31(2,3)36(28-21-15-13-16-22-28,29-23-17-14-18-24-29)35-26-20-12-10-8-6-5-7-9-11-19-25-34-30(32)27-33-4/h13-18,21-24H,5-12,19-20,25-27H2,1-4H3. The number of unbranched alkanes of at least 4 members (excludes halogenated alkanes) is 9. The van der Waals surface area contributed by atoms with Gasteiger partial charge in [-0.2, -0.15) is 0 Å². The highest BCUT2D eigenvalue weighted by Gasteiger charge is 2.49. The molecule has 0 bridgehead atoms. The van der Waals surface area contributed by atoms with Gasteiger partial charge in [-0.1, -0.05) is 133 Å². The summed E-state index contributed by atoms with van der Waals surface area (Å²) in [6.45, 7) is 8.40. The Morgan fingerprint density at radius 3 is 1.50 bits per heavy atom. The Hall–Kier alpha value is -1.95. The van der Waals surface area contributed by atoms with Gasteiger partial charge in [0.25, 0.3) is 8.32 Å². The first-order valence-electron chi connectivity index (χ1n) is 13.8. The molecule has 36 heavy (non-hydrogen) atoms. The first kappa shape index (κ1) is 30.3. The molecule has 0 aliphatic heterocycles. The molecule has 0 fully saturated rings. The number of rotatable bonds is 18. The third kappa shape index (κ3) is 9.83. The topological polar surface area (TPSA) is 44.8 Å². The molecule has 0 spiro atoms. The molecule has 5 heteroatoms. The van der Waals surface area contributed by atoms with Crippen molar-refractivity contribution in [3.63, 3.8) is 0 Å². The van der Waals surface area contributed by atoms with Gasteiger partial charge in [0, 0.05) is 13.7 Å². The largest absolute Gasteiger partial charge is 0.464 e. The predicted molar refractivity (Wildman–Crippen MR) is 153 cm³/mol. The van der Waals surface area contributed by atoms with E-state index in [-0.39, 0.29) is 17.6 Å². The summed E-state index contributed by atoms with van der Waals surface area (Å²) in [4.78, 5) is 11.2.